The van der Waals surface area contributed by atoms with E-state index >= 15 is 0 Å². The van der Waals surface area contributed by atoms with E-state index in [1.165, 1.54) is 6.08 Å². The maximum Gasteiger partial charge on any atom is 0.483 e. The van der Waals surface area contributed by atoms with Gasteiger partial charge in [-0.25, -0.2) is 4.79 Å². The van der Waals surface area contributed by atoms with Crippen LogP contribution in [0.4, 0.5) is 0 Å². The van der Waals surface area contributed by atoms with E-state index in [9.17, 15) is 4.79 Å². The van der Waals surface area contributed by atoms with Gasteiger partial charge in [0.15, 0.2) is 0 Å². The van der Waals surface area contributed by atoms with Crippen molar-refractivity contribution in [3.8, 4) is 0 Å². The first-order valence-corrected chi connectivity index (χ1v) is 11.1. The molecule has 0 aliphatic carbocycles. The van der Waals surface area contributed by atoms with Crippen molar-refractivity contribution < 1.29 is 27.2 Å². The fourth-order valence-corrected chi connectivity index (χ4v) is 4.16. The molecule has 0 saturated carbocycles. The van der Waals surface area contributed by atoms with E-state index in [4.69, 9.17) is 22.4 Å². The van der Waals surface area contributed by atoms with Gasteiger partial charge >= 0.3 is 15.5 Å². The summed E-state index contributed by atoms with van der Waals surface area (Å²) in [4.78, 5) is 10.8. The molecular formula is C15H32O6Si2. The van der Waals surface area contributed by atoms with Crippen LogP contribution in [-0.4, -0.2) is 59.1 Å². The van der Waals surface area contributed by atoms with Crippen molar-refractivity contribution in [1.29, 1.82) is 0 Å². The van der Waals surface area contributed by atoms with Crippen LogP contribution in [0.25, 0.3) is 0 Å². The van der Waals surface area contributed by atoms with E-state index in [2.05, 4.69) is 25.3 Å². The lowest BCUT2D eigenvalue weighted by molar-refractivity contribution is -0.137. The Hall–Kier alpha value is -0.776. The highest BCUT2D eigenvalue weighted by Crippen LogP contribution is 2.03. The third-order valence-electron chi connectivity index (χ3n) is 2.59. The first kappa shape index (κ1) is 24.5. The zero-order valence-corrected chi connectivity index (χ0v) is 17.4. The largest absolute Gasteiger partial charge is 0.483 e. The summed E-state index contributed by atoms with van der Waals surface area (Å²) in [5.41, 5.74) is 2.21. The van der Waals surface area contributed by atoms with Crippen LogP contribution < -0.4 is 0 Å². The summed E-state index contributed by atoms with van der Waals surface area (Å²) in [5.74, 6) is -0.348. The first-order chi connectivity index (χ1) is 11.1. The molecule has 0 aromatic heterocycles. The Morgan fingerprint density at radius 1 is 1.13 bits per heavy atom. The number of carbonyl (C=O) groups is 1. The Morgan fingerprint density at radius 2 is 1.74 bits per heavy atom. The number of ether oxygens (including phenoxy) is 1. The van der Waals surface area contributed by atoms with Gasteiger partial charge < -0.3 is 22.4 Å². The maximum atomic E-state index is 10.8. The zero-order chi connectivity index (χ0) is 17.9. The van der Waals surface area contributed by atoms with Gasteiger partial charge in [-0.3, -0.25) is 0 Å². The Labute approximate surface area is 144 Å². The number of rotatable bonds is 12. The third-order valence-corrected chi connectivity index (χ3v) is 6.18. The Morgan fingerprint density at radius 3 is 2.13 bits per heavy atom. The first-order valence-electron chi connectivity index (χ1n) is 7.75. The summed E-state index contributed by atoms with van der Waals surface area (Å²) >= 11 is 0. The van der Waals surface area contributed by atoms with Crippen LogP contribution in [0.15, 0.2) is 24.4 Å². The summed E-state index contributed by atoms with van der Waals surface area (Å²) < 4.78 is 24.8. The fourth-order valence-electron chi connectivity index (χ4n) is 1.54. The molecule has 0 aromatic rings. The van der Waals surface area contributed by atoms with Crippen LogP contribution in [-0.2, 0) is 27.2 Å². The van der Waals surface area contributed by atoms with Crippen molar-refractivity contribution in [2.75, 3.05) is 34.5 Å². The van der Waals surface area contributed by atoms with E-state index in [0.29, 0.717) is 6.61 Å². The van der Waals surface area contributed by atoms with Gasteiger partial charge in [0.1, 0.15) is 0 Å². The summed E-state index contributed by atoms with van der Waals surface area (Å²) in [6.07, 6.45) is 5.25. The van der Waals surface area contributed by atoms with Crippen LogP contribution in [0.1, 0.15) is 26.7 Å². The second-order valence-corrected chi connectivity index (χ2v) is 8.70. The second-order valence-electron chi connectivity index (χ2n) is 4.34. The Balaban J connectivity index is 0. The number of allylic oxidation sites excluding steroid dienone is 1. The van der Waals surface area contributed by atoms with E-state index in [1.807, 2.05) is 6.92 Å². The van der Waals surface area contributed by atoms with Gasteiger partial charge in [-0.05, 0) is 25.8 Å². The zero-order valence-electron chi connectivity index (χ0n) is 15.1. The molecule has 1 atom stereocenters. The summed E-state index contributed by atoms with van der Waals surface area (Å²) in [5, 5.41) is 0. The molecule has 0 amide bonds. The Bertz CT molecular complexity index is 303. The van der Waals surface area contributed by atoms with Gasteiger partial charge in [0, 0.05) is 34.0 Å². The van der Waals surface area contributed by atoms with Crippen LogP contribution in [0.5, 0.6) is 0 Å². The molecule has 0 aromatic carbocycles. The highest BCUT2D eigenvalue weighted by molar-refractivity contribution is 6.57. The van der Waals surface area contributed by atoms with Gasteiger partial charge in [-0.2, -0.15) is 0 Å². The smallest absolute Gasteiger partial charge is 0.463 e. The lowest BCUT2D eigenvalue weighted by atomic mass is 10.5. The van der Waals surface area contributed by atoms with Gasteiger partial charge in [-0.15, -0.1) is 0 Å². The molecule has 0 radical (unpaired) electrons. The van der Waals surface area contributed by atoms with E-state index < -0.39 is 18.6 Å². The third kappa shape index (κ3) is 17.4. The predicted molar refractivity (Wildman–Crippen MR) is 97.0 cm³/mol. The molecule has 0 heterocycles. The molecule has 6 nitrogen and oxygen atoms in total. The predicted octanol–water partition coefficient (Wildman–Crippen LogP) is 2.01. The normalized spacial score (nSPS) is 11.9. The van der Waals surface area contributed by atoms with E-state index in [1.54, 1.807) is 21.3 Å². The van der Waals surface area contributed by atoms with E-state index in [0.717, 1.165) is 25.5 Å². The molecule has 0 rings (SSSR count). The number of carbonyl (C=O) groups excluding carboxylic acids is 1. The van der Waals surface area contributed by atoms with Crippen molar-refractivity contribution in [1.82, 2.24) is 0 Å². The molecule has 0 bridgehead atoms. The Kier molecular flexibility index (Phi) is 20.5. The molecule has 0 N–H and O–H groups in total. The van der Waals surface area contributed by atoms with Crippen LogP contribution in [0, 0.1) is 0 Å². The minimum atomic E-state index is -1.67. The quantitative estimate of drug-likeness (QED) is 0.228. The van der Waals surface area contributed by atoms with Gasteiger partial charge in [0.25, 0.3) is 0 Å². The fraction of sp³-hybridized carbons (Fsp3) is 0.667. The number of esters is 1. The van der Waals surface area contributed by atoms with Crippen LogP contribution >= 0.6 is 0 Å². The molecule has 0 saturated heterocycles. The molecular weight excluding hydrogens is 332 g/mol. The van der Waals surface area contributed by atoms with Crippen molar-refractivity contribution in [3.05, 3.63) is 24.4 Å². The van der Waals surface area contributed by atoms with Crippen molar-refractivity contribution >= 4 is 24.5 Å². The molecule has 23 heavy (non-hydrogen) atoms. The summed E-state index contributed by atoms with van der Waals surface area (Å²) in [6.45, 7) is 8.69. The monoisotopic (exact) mass is 364 g/mol. The molecule has 1 unspecified atom stereocenters. The average Bonchev–Trinajstić information content (AvgIpc) is 2.58. The highest BCUT2D eigenvalue weighted by atomic mass is 28.3. The maximum absolute atomic E-state index is 10.8. The van der Waals surface area contributed by atoms with Crippen LogP contribution in [0.2, 0.25) is 6.04 Å². The molecule has 8 heteroatoms. The minimum Gasteiger partial charge on any atom is -0.463 e. The summed E-state index contributed by atoms with van der Waals surface area (Å²) in [7, 11) is 1.83. The van der Waals surface area contributed by atoms with Crippen molar-refractivity contribution in [3.63, 3.8) is 0 Å². The van der Waals surface area contributed by atoms with Crippen molar-refractivity contribution in [2.45, 2.75) is 32.7 Å². The highest BCUT2D eigenvalue weighted by Gasteiger charge is 2.07. The molecule has 0 aliphatic heterocycles. The molecule has 136 valence electrons. The number of hydrogen-bond donors (Lipinski definition) is 0. The van der Waals surface area contributed by atoms with Crippen LogP contribution in [0.3, 0.4) is 0 Å². The molecule has 0 fully saturated rings. The van der Waals surface area contributed by atoms with E-state index in [-0.39, 0.29) is 5.97 Å². The lowest BCUT2D eigenvalue weighted by Gasteiger charge is -2.10. The lowest BCUT2D eigenvalue weighted by Crippen LogP contribution is -2.21. The van der Waals surface area contributed by atoms with Gasteiger partial charge in [0.2, 0.25) is 9.04 Å². The topological polar surface area (TPSA) is 63.2 Å². The standard InChI is InChI=1S/C12H22O3Si.C3H10O3Si/c1-4-7-10-16(15-6-3)11-8-9-14-12(13)5-2;1-4-7(5-2)6-3/h5,7,10,16H,2,4,6,8-9,11H2,1,3H3;7H,1-3H3. The molecule has 0 spiro atoms. The minimum absolute atomic E-state index is 0.348. The summed E-state index contributed by atoms with van der Waals surface area (Å²) in [6, 6.07) is 1.01. The second kappa shape index (κ2) is 19.3. The van der Waals surface area contributed by atoms with Crippen molar-refractivity contribution in [2.24, 2.45) is 0 Å². The molecule has 0 aliphatic rings. The van der Waals surface area contributed by atoms with Gasteiger partial charge in [0.05, 0.1) is 6.61 Å². The SMILES string of the molecule is C=CC(=O)OCCC[SiH](C=CCC)OCC.CO[SiH](OC)OC. The van der Waals surface area contributed by atoms with Gasteiger partial charge in [-0.1, -0.05) is 25.3 Å². The average molecular weight is 365 g/mol. The number of hydrogen-bond acceptors (Lipinski definition) is 6.